The van der Waals surface area contributed by atoms with Crippen molar-refractivity contribution in [3.05, 3.63) is 30.0 Å². The maximum atomic E-state index is 14.7. The zero-order valence-corrected chi connectivity index (χ0v) is 19.0. The summed E-state index contributed by atoms with van der Waals surface area (Å²) in [5.74, 6) is -3.12. The van der Waals surface area contributed by atoms with Gasteiger partial charge in [-0.2, -0.15) is 0 Å². The number of hydrogen-bond donors (Lipinski definition) is 0. The molecular formula is C19H26F2N2O2Sn. The standard InChI is InChI=1S/C15H17F2N2O2.C4H9.Sn/c1-14(2,3)21-13(20)19-9-6-12(15(16,17)10-19)11-4-7-18-8-5-11;1-4(2)3;/h4-7H,9-10H2,1-3H3;1-3H3;. The van der Waals surface area contributed by atoms with Crippen LogP contribution in [-0.4, -0.2) is 61.7 Å². The number of pyridine rings is 1. The summed E-state index contributed by atoms with van der Waals surface area (Å²) in [6.07, 6.45) is 2.31. The fourth-order valence-electron chi connectivity index (χ4n) is 2.59. The molecule has 0 saturated carbocycles. The van der Waals surface area contributed by atoms with Crippen molar-refractivity contribution in [1.82, 2.24) is 9.88 Å². The van der Waals surface area contributed by atoms with Crippen LogP contribution in [0.25, 0.3) is 5.57 Å². The fourth-order valence-corrected chi connectivity index (χ4v) is 5.83. The van der Waals surface area contributed by atoms with Crippen molar-refractivity contribution in [3.63, 3.8) is 0 Å². The topological polar surface area (TPSA) is 42.4 Å². The van der Waals surface area contributed by atoms with Crippen molar-refractivity contribution in [2.75, 3.05) is 13.1 Å². The van der Waals surface area contributed by atoms with Gasteiger partial charge in [0.05, 0.1) is 0 Å². The van der Waals surface area contributed by atoms with Gasteiger partial charge in [-0.15, -0.1) is 0 Å². The van der Waals surface area contributed by atoms with E-state index in [-0.39, 0.29) is 15.5 Å². The molecule has 0 saturated heterocycles. The van der Waals surface area contributed by atoms with E-state index in [4.69, 9.17) is 4.74 Å². The minimum atomic E-state index is -3.12. The van der Waals surface area contributed by atoms with Crippen LogP contribution in [0, 0.1) is 0 Å². The Labute approximate surface area is 164 Å². The zero-order valence-electron chi connectivity index (χ0n) is 16.2. The van der Waals surface area contributed by atoms with Crippen LogP contribution in [0.5, 0.6) is 0 Å². The van der Waals surface area contributed by atoms with Crippen molar-refractivity contribution in [2.24, 2.45) is 0 Å². The molecule has 2 rings (SSSR count). The second-order valence-corrected chi connectivity index (χ2v) is 14.9. The number of ether oxygens (including phenoxy) is 1. The van der Waals surface area contributed by atoms with Crippen LogP contribution in [0.2, 0.25) is 3.43 Å². The van der Waals surface area contributed by atoms with Gasteiger partial charge in [-0.05, 0) is 0 Å². The third kappa shape index (κ3) is 5.92. The Morgan fingerprint density at radius 1 is 1.27 bits per heavy atom. The molecule has 26 heavy (non-hydrogen) atoms. The van der Waals surface area contributed by atoms with Gasteiger partial charge >= 0.3 is 164 Å². The van der Waals surface area contributed by atoms with Crippen LogP contribution < -0.4 is 3.71 Å². The molecule has 0 unspecified atom stereocenters. The van der Waals surface area contributed by atoms with E-state index in [1.807, 2.05) is 0 Å². The van der Waals surface area contributed by atoms with E-state index < -0.39 is 45.3 Å². The summed E-state index contributed by atoms with van der Waals surface area (Å²) in [5, 5.41) is 0. The van der Waals surface area contributed by atoms with E-state index in [9.17, 15) is 13.6 Å². The Morgan fingerprint density at radius 2 is 1.92 bits per heavy atom. The molecule has 1 aromatic rings. The Hall–Kier alpha value is -1.18. The van der Waals surface area contributed by atoms with Crippen molar-refractivity contribution < 1.29 is 18.3 Å². The third-order valence-corrected chi connectivity index (χ3v) is 7.18. The Balaban J connectivity index is 2.23. The summed E-state index contributed by atoms with van der Waals surface area (Å²) in [7, 11) is 0. The monoisotopic (exact) mass is 472 g/mol. The number of nitrogens with zero attached hydrogens (tertiary/aromatic N) is 2. The van der Waals surface area contributed by atoms with Crippen molar-refractivity contribution in [1.29, 1.82) is 0 Å². The first-order valence-corrected chi connectivity index (χ1v) is 11.4. The number of alkyl halides is 2. The van der Waals surface area contributed by atoms with E-state index in [1.54, 1.807) is 39.1 Å². The van der Waals surface area contributed by atoms with Crippen LogP contribution in [0.1, 0.15) is 47.1 Å². The number of carbonyl (C=O) groups is 1. The molecule has 0 aromatic carbocycles. The third-order valence-electron chi connectivity index (χ3n) is 3.52. The second-order valence-electron chi connectivity index (χ2n) is 8.49. The molecule has 0 atom stereocenters. The molecule has 4 nitrogen and oxygen atoms in total. The summed E-state index contributed by atoms with van der Waals surface area (Å²) >= 11 is -0.985. The quantitative estimate of drug-likeness (QED) is 0.615. The second kappa shape index (κ2) is 7.44. The predicted molar refractivity (Wildman–Crippen MR) is 100 cm³/mol. The van der Waals surface area contributed by atoms with Crippen LogP contribution >= 0.6 is 0 Å². The molecule has 1 aliphatic rings. The van der Waals surface area contributed by atoms with E-state index in [2.05, 4.69) is 25.8 Å². The Bertz CT molecular complexity index is 706. The number of rotatable bonds is 2. The molecule has 0 bridgehead atoms. The van der Waals surface area contributed by atoms with Gasteiger partial charge in [0, 0.05) is 0 Å². The SMILES string of the molecule is CC(C)(C)OC(=O)N1CC=C(c2ccn[c]([Sn][C](C)(C)C)c2)C(F)(F)C1. The first-order valence-electron chi connectivity index (χ1n) is 8.58. The maximum absolute atomic E-state index is 14.7. The molecule has 0 N–H and O–H groups in total. The number of aromatic nitrogens is 1. The zero-order chi connectivity index (χ0) is 19.8. The Morgan fingerprint density at radius 3 is 2.46 bits per heavy atom. The number of amides is 1. The number of hydrogen-bond acceptors (Lipinski definition) is 3. The molecular weight excluding hydrogens is 445 g/mol. The molecule has 2 heterocycles. The fraction of sp³-hybridized carbons (Fsp3) is 0.579. The molecule has 142 valence electrons. The van der Waals surface area contributed by atoms with Gasteiger partial charge in [0.25, 0.3) is 0 Å². The average Bonchev–Trinajstić information content (AvgIpc) is 2.42. The van der Waals surface area contributed by atoms with Gasteiger partial charge in [-0.3, -0.25) is 0 Å². The molecule has 2 radical (unpaired) electrons. The first kappa shape index (κ1) is 21.1. The molecule has 1 amide bonds. The molecule has 0 fully saturated rings. The summed E-state index contributed by atoms with van der Waals surface area (Å²) < 4.78 is 35.8. The molecule has 0 spiro atoms. The molecule has 0 aliphatic carbocycles. The van der Waals surface area contributed by atoms with Crippen molar-refractivity contribution >= 4 is 36.5 Å². The van der Waals surface area contributed by atoms with Gasteiger partial charge < -0.3 is 0 Å². The summed E-state index contributed by atoms with van der Waals surface area (Å²) in [4.78, 5) is 17.5. The van der Waals surface area contributed by atoms with Crippen LogP contribution in [0.3, 0.4) is 0 Å². The molecule has 1 aliphatic heterocycles. The van der Waals surface area contributed by atoms with Crippen LogP contribution in [0.4, 0.5) is 13.6 Å². The van der Waals surface area contributed by atoms with E-state index >= 15 is 0 Å². The Kier molecular flexibility index (Phi) is 6.05. The van der Waals surface area contributed by atoms with E-state index in [0.717, 1.165) is 8.61 Å². The molecule has 1 aromatic heterocycles. The summed E-state index contributed by atoms with van der Waals surface area (Å²) in [5.41, 5.74) is -0.252. The van der Waals surface area contributed by atoms with Crippen LogP contribution in [0.15, 0.2) is 24.4 Å². The van der Waals surface area contributed by atoms with Gasteiger partial charge in [0.2, 0.25) is 0 Å². The van der Waals surface area contributed by atoms with Crippen molar-refractivity contribution in [2.45, 2.75) is 56.5 Å². The number of carbonyl (C=O) groups excluding carboxylic acids is 1. The average molecular weight is 471 g/mol. The van der Waals surface area contributed by atoms with Crippen molar-refractivity contribution in [3.8, 4) is 0 Å². The number of halogens is 2. The van der Waals surface area contributed by atoms with Gasteiger partial charge in [-0.1, -0.05) is 0 Å². The van der Waals surface area contributed by atoms with Gasteiger partial charge in [0.1, 0.15) is 0 Å². The minimum absolute atomic E-state index is 0.0331. The predicted octanol–water partition coefficient (Wildman–Crippen LogP) is 3.90. The van der Waals surface area contributed by atoms with Gasteiger partial charge in [0.15, 0.2) is 0 Å². The molecule has 7 heteroatoms. The normalized spacial score (nSPS) is 17.7. The van der Waals surface area contributed by atoms with Crippen LogP contribution in [-0.2, 0) is 4.74 Å². The van der Waals surface area contributed by atoms with Gasteiger partial charge in [-0.25, -0.2) is 0 Å². The summed E-state index contributed by atoms with van der Waals surface area (Å²) in [6.45, 7) is 11.0. The first-order chi connectivity index (χ1) is 11.8. The van der Waals surface area contributed by atoms with E-state index in [1.165, 1.54) is 6.08 Å². The van der Waals surface area contributed by atoms with E-state index in [0.29, 0.717) is 5.56 Å². The summed E-state index contributed by atoms with van der Waals surface area (Å²) in [6, 6.07) is 3.41.